The van der Waals surface area contributed by atoms with E-state index in [-0.39, 0.29) is 11.9 Å². The normalized spacial score (nSPS) is 14.9. The molecule has 2 heterocycles. The molecular formula is C23H27FN6O. The molecule has 2 aromatic heterocycles. The summed E-state index contributed by atoms with van der Waals surface area (Å²) in [5.74, 6) is 1.94. The Morgan fingerprint density at radius 1 is 1.29 bits per heavy atom. The minimum atomic E-state index is -0.335. The first-order valence-electron chi connectivity index (χ1n) is 10.5. The molecule has 162 valence electrons. The van der Waals surface area contributed by atoms with Crippen molar-refractivity contribution in [1.82, 2.24) is 25.4 Å². The number of nitrogens with zero attached hydrogens (tertiary/aromatic N) is 4. The second-order valence-corrected chi connectivity index (χ2v) is 7.71. The number of aromatic nitrogens is 3. The first kappa shape index (κ1) is 20.8. The fourth-order valence-corrected chi connectivity index (χ4v) is 3.16. The van der Waals surface area contributed by atoms with Crippen LogP contribution in [0.1, 0.15) is 36.9 Å². The highest BCUT2D eigenvalue weighted by Gasteiger charge is 2.22. The number of guanidine groups is 1. The summed E-state index contributed by atoms with van der Waals surface area (Å²) in [6.07, 6.45) is 7.67. The lowest BCUT2D eigenvalue weighted by molar-refractivity contribution is 0.285. The van der Waals surface area contributed by atoms with Crippen molar-refractivity contribution in [3.63, 3.8) is 0 Å². The lowest BCUT2D eigenvalue weighted by Crippen LogP contribution is -2.38. The first-order chi connectivity index (χ1) is 15.1. The molecule has 0 saturated heterocycles. The van der Waals surface area contributed by atoms with Crippen molar-refractivity contribution >= 4 is 5.96 Å². The van der Waals surface area contributed by atoms with Crippen LogP contribution in [-0.4, -0.2) is 34.4 Å². The number of aliphatic imine (C=N–C) groups is 1. The zero-order chi connectivity index (χ0) is 21.6. The summed E-state index contributed by atoms with van der Waals surface area (Å²) in [6, 6.07) is 10.7. The van der Waals surface area contributed by atoms with E-state index in [1.807, 2.05) is 37.4 Å². The highest BCUT2D eigenvalue weighted by Crippen LogP contribution is 2.30. The Morgan fingerprint density at radius 2 is 2.16 bits per heavy atom. The highest BCUT2D eigenvalue weighted by molar-refractivity contribution is 5.80. The van der Waals surface area contributed by atoms with E-state index >= 15 is 0 Å². The number of benzene rings is 1. The fourth-order valence-electron chi connectivity index (χ4n) is 3.16. The first-order valence-corrected chi connectivity index (χ1v) is 10.5. The van der Waals surface area contributed by atoms with Crippen molar-refractivity contribution in [3.8, 4) is 11.6 Å². The molecule has 1 fully saturated rings. The maximum Gasteiger partial charge on any atom is 0.191 e. The predicted octanol–water partition coefficient (Wildman–Crippen LogP) is 3.62. The van der Waals surface area contributed by atoms with Crippen molar-refractivity contribution in [2.45, 2.75) is 32.4 Å². The minimum Gasteiger partial charge on any atom is -0.490 e. The molecule has 8 heteroatoms. The monoisotopic (exact) mass is 422 g/mol. The number of rotatable bonds is 8. The van der Waals surface area contributed by atoms with Crippen LogP contribution in [0.15, 0.2) is 60.0 Å². The van der Waals surface area contributed by atoms with Crippen LogP contribution in [0.2, 0.25) is 0 Å². The molecule has 0 aliphatic heterocycles. The molecular weight excluding hydrogens is 395 g/mol. The highest BCUT2D eigenvalue weighted by atomic mass is 19.1. The number of hydrogen-bond donors (Lipinski definition) is 2. The molecule has 1 unspecified atom stereocenters. The zero-order valence-electron chi connectivity index (χ0n) is 17.8. The van der Waals surface area contributed by atoms with Crippen LogP contribution in [0.25, 0.3) is 5.82 Å². The molecule has 7 nitrogen and oxygen atoms in total. The maximum absolute atomic E-state index is 14.4. The van der Waals surface area contributed by atoms with Gasteiger partial charge in [-0.25, -0.2) is 14.1 Å². The molecule has 4 rings (SSSR count). The van der Waals surface area contributed by atoms with Gasteiger partial charge in [0.25, 0.3) is 0 Å². The minimum absolute atomic E-state index is 0.129. The summed E-state index contributed by atoms with van der Waals surface area (Å²) < 4.78 is 21.7. The summed E-state index contributed by atoms with van der Waals surface area (Å²) in [6.45, 7) is 3.12. The van der Waals surface area contributed by atoms with Gasteiger partial charge in [0.1, 0.15) is 0 Å². The van der Waals surface area contributed by atoms with Crippen molar-refractivity contribution in [2.24, 2.45) is 10.9 Å². The van der Waals surface area contributed by atoms with E-state index in [2.05, 4.69) is 25.7 Å². The lowest BCUT2D eigenvalue weighted by Gasteiger charge is -2.19. The van der Waals surface area contributed by atoms with E-state index in [1.54, 1.807) is 30.2 Å². The third-order valence-electron chi connectivity index (χ3n) is 5.21. The molecule has 1 saturated carbocycles. The summed E-state index contributed by atoms with van der Waals surface area (Å²) >= 11 is 0. The molecule has 1 aromatic carbocycles. The SMILES string of the molecule is CN=C(NCc1ccnc(-n2cccn2)c1)NC(C)c1ccc(OCC2CC2)c(F)c1. The smallest absolute Gasteiger partial charge is 0.191 e. The summed E-state index contributed by atoms with van der Waals surface area (Å²) in [4.78, 5) is 8.62. The third-order valence-corrected chi connectivity index (χ3v) is 5.21. The van der Waals surface area contributed by atoms with E-state index in [9.17, 15) is 4.39 Å². The van der Waals surface area contributed by atoms with Crippen molar-refractivity contribution in [2.75, 3.05) is 13.7 Å². The lowest BCUT2D eigenvalue weighted by atomic mass is 10.1. The average molecular weight is 423 g/mol. The van der Waals surface area contributed by atoms with Crippen LogP contribution < -0.4 is 15.4 Å². The van der Waals surface area contributed by atoms with Crippen LogP contribution >= 0.6 is 0 Å². The van der Waals surface area contributed by atoms with Crippen molar-refractivity contribution in [1.29, 1.82) is 0 Å². The van der Waals surface area contributed by atoms with Crippen LogP contribution in [0.3, 0.4) is 0 Å². The van der Waals surface area contributed by atoms with Gasteiger partial charge < -0.3 is 15.4 Å². The molecule has 1 aliphatic rings. The van der Waals surface area contributed by atoms with Gasteiger partial charge in [-0.1, -0.05) is 6.07 Å². The third kappa shape index (κ3) is 5.59. The van der Waals surface area contributed by atoms with E-state index in [0.717, 1.165) is 16.9 Å². The molecule has 0 bridgehead atoms. The molecule has 2 N–H and O–H groups in total. The summed E-state index contributed by atoms with van der Waals surface area (Å²) in [5.41, 5.74) is 1.86. The summed E-state index contributed by atoms with van der Waals surface area (Å²) in [5, 5.41) is 10.8. The average Bonchev–Trinajstić information content (AvgIpc) is 3.45. The van der Waals surface area contributed by atoms with Crippen LogP contribution in [0.5, 0.6) is 5.75 Å². The van der Waals surface area contributed by atoms with Gasteiger partial charge in [-0.3, -0.25) is 4.99 Å². The standard InChI is InChI=1S/C23H27FN6O/c1-16(19-6-7-21(20(24)13-19)31-15-17-4-5-17)29-23(25-2)27-14-18-8-10-26-22(12-18)30-11-3-9-28-30/h3,6-13,16-17H,4-5,14-15H2,1-2H3,(H2,25,27,29). The van der Waals surface area contributed by atoms with Gasteiger partial charge in [0.2, 0.25) is 0 Å². The van der Waals surface area contributed by atoms with E-state index in [4.69, 9.17) is 4.74 Å². The van der Waals surface area contributed by atoms with E-state index < -0.39 is 0 Å². The van der Waals surface area contributed by atoms with Gasteiger partial charge >= 0.3 is 0 Å². The van der Waals surface area contributed by atoms with Crippen molar-refractivity contribution < 1.29 is 9.13 Å². The largest absolute Gasteiger partial charge is 0.490 e. The zero-order valence-corrected chi connectivity index (χ0v) is 17.8. The number of pyridine rings is 1. The quantitative estimate of drug-likeness (QED) is 0.428. The number of halogens is 1. The molecule has 0 amide bonds. The topological polar surface area (TPSA) is 76.4 Å². The van der Waals surface area contributed by atoms with E-state index in [1.165, 1.54) is 18.9 Å². The second-order valence-electron chi connectivity index (χ2n) is 7.71. The van der Waals surface area contributed by atoms with E-state index in [0.29, 0.717) is 30.8 Å². The molecule has 0 spiro atoms. The molecule has 31 heavy (non-hydrogen) atoms. The molecule has 1 atom stereocenters. The van der Waals surface area contributed by atoms with Gasteiger partial charge in [-0.2, -0.15) is 5.10 Å². The fraction of sp³-hybridized carbons (Fsp3) is 0.348. The van der Waals surface area contributed by atoms with Gasteiger partial charge in [-0.15, -0.1) is 0 Å². The Labute approximate surface area is 181 Å². The Balaban J connectivity index is 1.33. The molecule has 0 radical (unpaired) electrons. The maximum atomic E-state index is 14.4. The molecule has 3 aromatic rings. The van der Waals surface area contributed by atoms with Crippen LogP contribution in [0.4, 0.5) is 4.39 Å². The van der Waals surface area contributed by atoms with Crippen LogP contribution in [-0.2, 0) is 6.54 Å². The molecule has 1 aliphatic carbocycles. The Morgan fingerprint density at radius 3 is 2.87 bits per heavy atom. The predicted molar refractivity (Wildman–Crippen MR) is 118 cm³/mol. The summed E-state index contributed by atoms with van der Waals surface area (Å²) in [7, 11) is 1.71. The number of hydrogen-bond acceptors (Lipinski definition) is 4. The van der Waals surface area contributed by atoms with Gasteiger partial charge in [0, 0.05) is 32.2 Å². The second kappa shape index (κ2) is 9.59. The Hall–Kier alpha value is -3.42. The number of nitrogens with one attached hydrogen (secondary N) is 2. The van der Waals surface area contributed by atoms with Gasteiger partial charge in [0.15, 0.2) is 23.3 Å². The number of ether oxygens (including phenoxy) is 1. The van der Waals surface area contributed by atoms with Crippen LogP contribution in [0, 0.1) is 11.7 Å². The van der Waals surface area contributed by atoms with Crippen molar-refractivity contribution in [3.05, 3.63) is 71.9 Å². The Bertz CT molecular complexity index is 1030. The van der Waals surface area contributed by atoms with Gasteiger partial charge in [0.05, 0.1) is 12.6 Å². The van der Waals surface area contributed by atoms with Gasteiger partial charge in [-0.05, 0) is 67.1 Å². The Kier molecular flexibility index (Phi) is 6.45.